The molecule has 1 saturated heterocycles. The lowest BCUT2D eigenvalue weighted by Crippen LogP contribution is -2.48. The van der Waals surface area contributed by atoms with Crippen molar-refractivity contribution in [3.8, 4) is 0 Å². The molecule has 1 aromatic heterocycles. The Morgan fingerprint density at radius 2 is 2.12 bits per heavy atom. The van der Waals surface area contributed by atoms with E-state index in [0.29, 0.717) is 18.8 Å². The van der Waals surface area contributed by atoms with Gasteiger partial charge in [0.25, 0.3) is 5.91 Å². The van der Waals surface area contributed by atoms with Gasteiger partial charge in [-0.05, 0) is 32.3 Å². The number of furan rings is 1. The van der Waals surface area contributed by atoms with Crippen molar-refractivity contribution >= 4 is 22.8 Å². The van der Waals surface area contributed by atoms with E-state index in [0.717, 1.165) is 29.4 Å². The maximum absolute atomic E-state index is 12.6. The quantitative estimate of drug-likeness (QED) is 0.899. The zero-order valence-electron chi connectivity index (χ0n) is 13.8. The van der Waals surface area contributed by atoms with Crippen LogP contribution in [-0.2, 0) is 9.53 Å². The van der Waals surface area contributed by atoms with E-state index in [1.807, 2.05) is 25.1 Å². The number of carbonyl (C=O) groups is 2. The summed E-state index contributed by atoms with van der Waals surface area (Å²) in [6.07, 6.45) is 1.52. The van der Waals surface area contributed by atoms with Crippen molar-refractivity contribution in [1.82, 2.24) is 5.32 Å². The molecule has 0 bridgehead atoms. The molecule has 1 aliphatic heterocycles. The summed E-state index contributed by atoms with van der Waals surface area (Å²) in [5.74, 6) is -1.61. The number of aryl methyl sites for hydroxylation is 2. The number of nitrogens with one attached hydrogen (secondary N) is 1. The first kappa shape index (κ1) is 16.5. The van der Waals surface area contributed by atoms with Gasteiger partial charge in [0.2, 0.25) is 0 Å². The minimum Gasteiger partial charge on any atom is -0.480 e. The van der Waals surface area contributed by atoms with Gasteiger partial charge in [0.1, 0.15) is 11.6 Å². The van der Waals surface area contributed by atoms with Gasteiger partial charge in [-0.15, -0.1) is 0 Å². The van der Waals surface area contributed by atoms with Crippen LogP contribution < -0.4 is 5.32 Å². The molecule has 24 heavy (non-hydrogen) atoms. The van der Waals surface area contributed by atoms with Gasteiger partial charge < -0.3 is 19.6 Å². The van der Waals surface area contributed by atoms with Gasteiger partial charge in [0.15, 0.2) is 5.76 Å². The molecule has 2 atom stereocenters. The molecule has 1 fully saturated rings. The van der Waals surface area contributed by atoms with Crippen LogP contribution in [0.5, 0.6) is 0 Å². The molecule has 2 N–H and O–H groups in total. The molecule has 6 heteroatoms. The van der Waals surface area contributed by atoms with E-state index in [1.54, 1.807) is 6.92 Å². The van der Waals surface area contributed by atoms with E-state index in [-0.39, 0.29) is 11.7 Å². The summed E-state index contributed by atoms with van der Waals surface area (Å²) in [4.78, 5) is 24.2. The highest BCUT2D eigenvalue weighted by atomic mass is 16.5. The van der Waals surface area contributed by atoms with Crippen LogP contribution in [0.2, 0.25) is 0 Å². The summed E-state index contributed by atoms with van der Waals surface area (Å²) in [5, 5.41) is 13.0. The predicted molar refractivity (Wildman–Crippen MR) is 88.1 cm³/mol. The molecular weight excluding hydrogens is 310 g/mol. The number of carboxylic acids is 1. The maximum atomic E-state index is 12.6. The summed E-state index contributed by atoms with van der Waals surface area (Å²) in [5.41, 5.74) is 2.31. The van der Waals surface area contributed by atoms with Crippen LogP contribution in [0.25, 0.3) is 11.0 Å². The van der Waals surface area contributed by atoms with E-state index >= 15 is 0 Å². The van der Waals surface area contributed by atoms with Gasteiger partial charge in [-0.1, -0.05) is 18.2 Å². The Morgan fingerprint density at radius 3 is 2.75 bits per heavy atom. The SMILES string of the molecule is Cc1c(C(=O)NC(C(=O)O)C2CCCOC2)oc2c(C)cccc12. The number of para-hydroxylation sites is 1. The van der Waals surface area contributed by atoms with Gasteiger partial charge in [-0.2, -0.15) is 0 Å². The first-order valence-electron chi connectivity index (χ1n) is 8.09. The Hall–Kier alpha value is -2.34. The first-order valence-corrected chi connectivity index (χ1v) is 8.09. The van der Waals surface area contributed by atoms with Gasteiger partial charge >= 0.3 is 5.97 Å². The highest BCUT2D eigenvalue weighted by molar-refractivity contribution is 6.00. The summed E-state index contributed by atoms with van der Waals surface area (Å²) >= 11 is 0. The number of ether oxygens (including phenoxy) is 1. The topological polar surface area (TPSA) is 88.8 Å². The Kier molecular flexibility index (Phi) is 4.57. The van der Waals surface area contributed by atoms with E-state index in [1.165, 1.54) is 0 Å². The highest BCUT2D eigenvalue weighted by Crippen LogP contribution is 2.28. The molecule has 0 saturated carbocycles. The molecular formula is C18H21NO5. The third kappa shape index (κ3) is 3.01. The zero-order valence-corrected chi connectivity index (χ0v) is 13.8. The lowest BCUT2D eigenvalue weighted by molar-refractivity contribution is -0.142. The van der Waals surface area contributed by atoms with Crippen molar-refractivity contribution in [2.75, 3.05) is 13.2 Å². The van der Waals surface area contributed by atoms with Crippen LogP contribution >= 0.6 is 0 Å². The Balaban J connectivity index is 1.86. The normalized spacial score (nSPS) is 19.2. The third-order valence-corrected chi connectivity index (χ3v) is 4.59. The summed E-state index contributed by atoms with van der Waals surface area (Å²) in [7, 11) is 0. The second-order valence-electron chi connectivity index (χ2n) is 6.27. The van der Waals surface area contributed by atoms with Gasteiger partial charge in [-0.3, -0.25) is 4.79 Å². The number of rotatable bonds is 4. The third-order valence-electron chi connectivity index (χ3n) is 4.59. The summed E-state index contributed by atoms with van der Waals surface area (Å²) in [6.45, 7) is 4.69. The number of fused-ring (bicyclic) bond motifs is 1. The van der Waals surface area contributed by atoms with Crippen LogP contribution in [-0.4, -0.2) is 36.2 Å². The predicted octanol–water partition coefficient (Wildman–Crippen LogP) is 2.66. The smallest absolute Gasteiger partial charge is 0.326 e. The fourth-order valence-electron chi connectivity index (χ4n) is 3.22. The minimum absolute atomic E-state index is 0.169. The lowest BCUT2D eigenvalue weighted by Gasteiger charge is -2.27. The van der Waals surface area contributed by atoms with Crippen LogP contribution in [0.1, 0.15) is 34.5 Å². The average molecular weight is 331 g/mol. The number of hydrogen-bond donors (Lipinski definition) is 2. The molecule has 3 rings (SSSR count). The maximum Gasteiger partial charge on any atom is 0.326 e. The molecule has 2 heterocycles. The van der Waals surface area contributed by atoms with Crippen molar-refractivity contribution in [2.24, 2.45) is 5.92 Å². The van der Waals surface area contributed by atoms with Crippen molar-refractivity contribution in [2.45, 2.75) is 32.7 Å². The van der Waals surface area contributed by atoms with Gasteiger partial charge in [-0.25, -0.2) is 4.79 Å². The molecule has 0 radical (unpaired) electrons. The van der Waals surface area contributed by atoms with E-state index in [2.05, 4.69) is 5.32 Å². The average Bonchev–Trinajstić information content (AvgIpc) is 2.92. The largest absolute Gasteiger partial charge is 0.480 e. The van der Waals surface area contributed by atoms with Crippen LogP contribution in [0, 0.1) is 19.8 Å². The van der Waals surface area contributed by atoms with Crippen LogP contribution in [0.3, 0.4) is 0 Å². The van der Waals surface area contributed by atoms with Crippen molar-refractivity contribution in [3.05, 3.63) is 35.1 Å². The first-order chi connectivity index (χ1) is 11.5. The molecule has 6 nitrogen and oxygen atoms in total. The number of carbonyl (C=O) groups excluding carboxylic acids is 1. The zero-order chi connectivity index (χ0) is 17.3. The van der Waals surface area contributed by atoms with E-state index in [4.69, 9.17) is 9.15 Å². The molecule has 2 aromatic rings. The fraction of sp³-hybridized carbons (Fsp3) is 0.444. The van der Waals surface area contributed by atoms with Crippen LogP contribution in [0.15, 0.2) is 22.6 Å². The standard InChI is InChI=1S/C18H21NO5/c1-10-5-3-7-13-11(2)16(24-15(10)13)17(20)19-14(18(21)22)12-6-4-8-23-9-12/h3,5,7,12,14H,4,6,8-9H2,1-2H3,(H,19,20)(H,21,22). The molecule has 1 aliphatic rings. The Labute approximate surface area is 139 Å². The molecule has 2 unspecified atom stereocenters. The second kappa shape index (κ2) is 6.65. The monoisotopic (exact) mass is 331 g/mol. The van der Waals surface area contributed by atoms with Crippen LogP contribution in [0.4, 0.5) is 0 Å². The van der Waals surface area contributed by atoms with Gasteiger partial charge in [0, 0.05) is 23.5 Å². The summed E-state index contributed by atoms with van der Waals surface area (Å²) in [6, 6.07) is 4.72. The molecule has 1 aromatic carbocycles. The van der Waals surface area contributed by atoms with Gasteiger partial charge in [0.05, 0.1) is 6.61 Å². The molecule has 0 aliphatic carbocycles. The molecule has 128 valence electrons. The van der Waals surface area contributed by atoms with E-state index in [9.17, 15) is 14.7 Å². The lowest BCUT2D eigenvalue weighted by atomic mass is 9.93. The van der Waals surface area contributed by atoms with Crippen molar-refractivity contribution < 1.29 is 23.8 Å². The second-order valence-corrected chi connectivity index (χ2v) is 6.27. The van der Waals surface area contributed by atoms with Crippen molar-refractivity contribution in [1.29, 1.82) is 0 Å². The number of benzene rings is 1. The number of amides is 1. The molecule has 1 amide bonds. The number of carboxylic acid groups (broad SMARTS) is 1. The number of hydrogen-bond acceptors (Lipinski definition) is 4. The summed E-state index contributed by atoms with van der Waals surface area (Å²) < 4.78 is 11.1. The Morgan fingerprint density at radius 1 is 1.33 bits per heavy atom. The van der Waals surface area contributed by atoms with E-state index < -0.39 is 17.9 Å². The highest BCUT2D eigenvalue weighted by Gasteiger charge is 2.33. The fourth-order valence-corrected chi connectivity index (χ4v) is 3.22. The minimum atomic E-state index is -1.05. The van der Waals surface area contributed by atoms with Crippen molar-refractivity contribution in [3.63, 3.8) is 0 Å². The number of aliphatic carboxylic acids is 1. The molecule has 0 spiro atoms. The Bertz CT molecular complexity index is 773.